The van der Waals surface area contributed by atoms with Crippen LogP contribution in [0.3, 0.4) is 0 Å². The molecule has 102 valence electrons. The SMILES string of the molecule is Cc1csc(N2CCN(CCCCO)CC2C)n1. The van der Waals surface area contributed by atoms with Crippen molar-refractivity contribution in [2.75, 3.05) is 37.7 Å². The van der Waals surface area contributed by atoms with Crippen LogP contribution in [0.1, 0.15) is 25.5 Å². The Morgan fingerprint density at radius 2 is 2.28 bits per heavy atom. The molecule has 4 nitrogen and oxygen atoms in total. The number of rotatable bonds is 5. The van der Waals surface area contributed by atoms with Gasteiger partial charge in [-0.2, -0.15) is 0 Å². The maximum atomic E-state index is 8.81. The highest BCUT2D eigenvalue weighted by atomic mass is 32.1. The Morgan fingerprint density at radius 3 is 2.89 bits per heavy atom. The largest absolute Gasteiger partial charge is 0.396 e. The van der Waals surface area contributed by atoms with Crippen LogP contribution in [0, 0.1) is 6.92 Å². The van der Waals surface area contributed by atoms with Crippen LogP contribution in [-0.4, -0.2) is 53.8 Å². The van der Waals surface area contributed by atoms with Crippen LogP contribution in [0.5, 0.6) is 0 Å². The van der Waals surface area contributed by atoms with E-state index < -0.39 is 0 Å². The monoisotopic (exact) mass is 269 g/mol. The van der Waals surface area contributed by atoms with E-state index in [1.807, 2.05) is 0 Å². The van der Waals surface area contributed by atoms with Crippen LogP contribution in [0.2, 0.25) is 0 Å². The minimum Gasteiger partial charge on any atom is -0.396 e. The third-order valence-corrected chi connectivity index (χ3v) is 4.44. The normalized spacial score (nSPS) is 21.5. The number of piperazine rings is 1. The Kier molecular flexibility index (Phi) is 4.97. The second kappa shape index (κ2) is 6.50. The number of anilines is 1. The van der Waals surface area contributed by atoms with Gasteiger partial charge < -0.3 is 10.0 Å². The number of hydrogen-bond donors (Lipinski definition) is 1. The van der Waals surface area contributed by atoms with E-state index in [-0.39, 0.29) is 0 Å². The van der Waals surface area contributed by atoms with Gasteiger partial charge >= 0.3 is 0 Å². The van der Waals surface area contributed by atoms with Crippen LogP contribution >= 0.6 is 11.3 Å². The van der Waals surface area contributed by atoms with Gasteiger partial charge in [-0.05, 0) is 33.2 Å². The van der Waals surface area contributed by atoms with Crippen molar-refractivity contribution in [2.24, 2.45) is 0 Å². The highest BCUT2D eigenvalue weighted by molar-refractivity contribution is 7.13. The summed E-state index contributed by atoms with van der Waals surface area (Å²) in [7, 11) is 0. The number of unbranched alkanes of at least 4 members (excludes halogenated alkanes) is 1. The number of aliphatic hydroxyl groups is 1. The average molecular weight is 269 g/mol. The van der Waals surface area contributed by atoms with Crippen LogP contribution in [0.15, 0.2) is 5.38 Å². The quantitative estimate of drug-likeness (QED) is 0.827. The lowest BCUT2D eigenvalue weighted by Crippen LogP contribution is -2.52. The number of aliphatic hydroxyl groups excluding tert-OH is 1. The summed E-state index contributed by atoms with van der Waals surface area (Å²) in [4.78, 5) is 9.49. The summed E-state index contributed by atoms with van der Waals surface area (Å²) in [6.07, 6.45) is 2.01. The minimum absolute atomic E-state index is 0.313. The van der Waals surface area contributed by atoms with E-state index in [0.717, 1.165) is 49.8 Å². The molecule has 5 heteroatoms. The lowest BCUT2D eigenvalue weighted by molar-refractivity contribution is 0.212. The Morgan fingerprint density at radius 1 is 1.44 bits per heavy atom. The van der Waals surface area contributed by atoms with Crippen molar-refractivity contribution >= 4 is 16.5 Å². The fourth-order valence-electron chi connectivity index (χ4n) is 2.44. The maximum Gasteiger partial charge on any atom is 0.185 e. The maximum absolute atomic E-state index is 8.81. The van der Waals surface area contributed by atoms with E-state index >= 15 is 0 Å². The molecule has 1 N–H and O–H groups in total. The van der Waals surface area contributed by atoms with E-state index in [1.165, 1.54) is 0 Å². The molecule has 1 saturated heterocycles. The van der Waals surface area contributed by atoms with Crippen LogP contribution in [0.4, 0.5) is 5.13 Å². The Hall–Kier alpha value is -0.650. The van der Waals surface area contributed by atoms with Gasteiger partial charge in [-0.1, -0.05) is 0 Å². The molecular weight excluding hydrogens is 246 g/mol. The van der Waals surface area contributed by atoms with Gasteiger partial charge in [0.1, 0.15) is 0 Å². The van der Waals surface area contributed by atoms with Crippen molar-refractivity contribution in [2.45, 2.75) is 32.7 Å². The molecule has 0 spiro atoms. The van der Waals surface area contributed by atoms with Gasteiger partial charge in [-0.15, -0.1) is 11.3 Å². The first-order valence-corrected chi connectivity index (χ1v) is 7.60. The molecule has 0 aliphatic carbocycles. The lowest BCUT2D eigenvalue weighted by Gasteiger charge is -2.39. The molecule has 0 radical (unpaired) electrons. The molecule has 18 heavy (non-hydrogen) atoms. The molecule has 0 bridgehead atoms. The van der Waals surface area contributed by atoms with Crippen LogP contribution in [-0.2, 0) is 0 Å². The molecular formula is C13H23N3OS. The molecule has 0 saturated carbocycles. The third-order valence-electron chi connectivity index (χ3n) is 3.45. The summed E-state index contributed by atoms with van der Waals surface area (Å²) in [6, 6.07) is 0.526. The van der Waals surface area contributed by atoms with Crippen molar-refractivity contribution in [3.63, 3.8) is 0 Å². The van der Waals surface area contributed by atoms with Crippen molar-refractivity contribution < 1.29 is 5.11 Å². The van der Waals surface area contributed by atoms with Crippen molar-refractivity contribution in [1.29, 1.82) is 0 Å². The number of aryl methyl sites for hydroxylation is 1. The first kappa shape index (κ1) is 13.8. The molecule has 1 atom stereocenters. The zero-order valence-electron chi connectivity index (χ0n) is 11.3. The van der Waals surface area contributed by atoms with E-state index in [1.54, 1.807) is 11.3 Å². The smallest absolute Gasteiger partial charge is 0.185 e. The summed E-state index contributed by atoms with van der Waals surface area (Å²) >= 11 is 1.75. The van der Waals surface area contributed by atoms with Gasteiger partial charge in [0.2, 0.25) is 0 Å². The molecule has 1 fully saturated rings. The second-order valence-electron chi connectivity index (χ2n) is 5.05. The van der Waals surface area contributed by atoms with Gasteiger partial charge in [0.15, 0.2) is 5.13 Å². The lowest BCUT2D eigenvalue weighted by atomic mass is 10.2. The molecule has 0 aromatic carbocycles. The molecule has 0 amide bonds. The second-order valence-corrected chi connectivity index (χ2v) is 5.88. The molecule has 1 aliphatic heterocycles. The first-order valence-electron chi connectivity index (χ1n) is 6.72. The number of aromatic nitrogens is 1. The predicted molar refractivity (Wildman–Crippen MR) is 76.4 cm³/mol. The van der Waals surface area contributed by atoms with Crippen molar-refractivity contribution in [1.82, 2.24) is 9.88 Å². The van der Waals surface area contributed by atoms with Gasteiger partial charge in [0.05, 0.1) is 5.69 Å². The highest BCUT2D eigenvalue weighted by Crippen LogP contribution is 2.24. The van der Waals surface area contributed by atoms with Gasteiger partial charge in [0, 0.05) is 37.7 Å². The van der Waals surface area contributed by atoms with Crippen LogP contribution < -0.4 is 4.90 Å². The van der Waals surface area contributed by atoms with Crippen molar-refractivity contribution in [3.05, 3.63) is 11.1 Å². The number of nitrogens with zero attached hydrogens (tertiary/aromatic N) is 3. The Bertz CT molecular complexity index is 369. The van der Waals surface area contributed by atoms with Crippen molar-refractivity contribution in [3.8, 4) is 0 Å². The Labute approximate surface area is 113 Å². The van der Waals surface area contributed by atoms with Gasteiger partial charge in [-0.3, -0.25) is 4.90 Å². The van der Waals surface area contributed by atoms with Crippen LogP contribution in [0.25, 0.3) is 0 Å². The summed E-state index contributed by atoms with van der Waals surface area (Å²) in [5, 5.41) is 12.1. The first-order chi connectivity index (χ1) is 8.70. The van der Waals surface area contributed by atoms with Gasteiger partial charge in [0.25, 0.3) is 0 Å². The fourth-order valence-corrected chi connectivity index (χ4v) is 3.37. The van der Waals surface area contributed by atoms with E-state index in [0.29, 0.717) is 12.6 Å². The molecule has 1 aliphatic rings. The molecule has 1 unspecified atom stereocenters. The summed E-state index contributed by atoms with van der Waals surface area (Å²) in [5.74, 6) is 0. The zero-order chi connectivity index (χ0) is 13.0. The topological polar surface area (TPSA) is 39.6 Å². The minimum atomic E-state index is 0.313. The summed E-state index contributed by atoms with van der Waals surface area (Å²) in [6.45, 7) is 9.01. The third kappa shape index (κ3) is 3.43. The zero-order valence-corrected chi connectivity index (χ0v) is 12.1. The molecule has 2 heterocycles. The summed E-state index contributed by atoms with van der Waals surface area (Å²) < 4.78 is 0. The molecule has 1 aromatic rings. The fraction of sp³-hybridized carbons (Fsp3) is 0.769. The summed E-state index contributed by atoms with van der Waals surface area (Å²) in [5.41, 5.74) is 1.12. The van der Waals surface area contributed by atoms with E-state index in [4.69, 9.17) is 5.11 Å². The average Bonchev–Trinajstić information content (AvgIpc) is 2.76. The van der Waals surface area contributed by atoms with E-state index in [2.05, 4.69) is 34.0 Å². The predicted octanol–water partition coefficient (Wildman–Crippen LogP) is 1.73. The highest BCUT2D eigenvalue weighted by Gasteiger charge is 2.25. The number of hydrogen-bond acceptors (Lipinski definition) is 5. The molecule has 2 rings (SSSR count). The Balaban J connectivity index is 1.84. The standard InChI is InChI=1S/C13H23N3OS/c1-11-10-18-13(14-11)16-7-6-15(9-12(16)2)5-3-4-8-17/h10,12,17H,3-9H2,1-2H3. The van der Waals surface area contributed by atoms with Gasteiger partial charge in [-0.25, -0.2) is 4.98 Å². The molecule has 1 aromatic heterocycles. The number of thiazole rings is 1. The van der Waals surface area contributed by atoms with E-state index in [9.17, 15) is 0 Å².